The van der Waals surface area contributed by atoms with Gasteiger partial charge in [0, 0.05) is 18.8 Å². The van der Waals surface area contributed by atoms with E-state index in [1.54, 1.807) is 6.33 Å². The van der Waals surface area contributed by atoms with Crippen molar-refractivity contribution in [2.24, 2.45) is 0 Å². The fraction of sp³-hybridized carbons (Fsp3) is 0.571. The average molecular weight is 260 g/mol. The number of rotatable bonds is 3. The molecule has 2 N–H and O–H groups in total. The van der Waals surface area contributed by atoms with Crippen LogP contribution in [0.25, 0.3) is 11.0 Å². The maximum absolute atomic E-state index is 5.97. The first kappa shape index (κ1) is 12.4. The normalized spacial score (nSPS) is 19.4. The summed E-state index contributed by atoms with van der Waals surface area (Å²) in [6.07, 6.45) is 5.34. The van der Waals surface area contributed by atoms with E-state index in [1.807, 2.05) is 0 Å². The summed E-state index contributed by atoms with van der Waals surface area (Å²) in [6, 6.07) is 0. The van der Waals surface area contributed by atoms with Gasteiger partial charge in [0.2, 0.25) is 0 Å². The Morgan fingerprint density at radius 1 is 1.42 bits per heavy atom. The van der Waals surface area contributed by atoms with Crippen LogP contribution in [0, 0.1) is 13.8 Å². The maximum Gasteiger partial charge on any atom is 0.145 e. The van der Waals surface area contributed by atoms with Gasteiger partial charge in [-0.05, 0) is 38.7 Å². The Labute approximate surface area is 112 Å². The number of anilines is 1. The van der Waals surface area contributed by atoms with Gasteiger partial charge in [0.15, 0.2) is 0 Å². The highest BCUT2D eigenvalue weighted by Gasteiger charge is 2.18. The lowest BCUT2D eigenvalue weighted by Gasteiger charge is -2.12. The van der Waals surface area contributed by atoms with Gasteiger partial charge in [-0.3, -0.25) is 0 Å². The van der Waals surface area contributed by atoms with E-state index < -0.39 is 0 Å². The predicted molar refractivity (Wildman–Crippen MR) is 75.0 cm³/mol. The Kier molecular flexibility index (Phi) is 3.14. The van der Waals surface area contributed by atoms with E-state index in [1.165, 1.54) is 24.1 Å². The number of aryl methyl sites for hydroxylation is 2. The van der Waals surface area contributed by atoms with Crippen LogP contribution < -0.4 is 5.73 Å². The van der Waals surface area contributed by atoms with Gasteiger partial charge in [-0.25, -0.2) is 9.97 Å². The summed E-state index contributed by atoms with van der Waals surface area (Å²) in [7, 11) is 0. The molecule has 3 heterocycles. The number of hydrogen-bond donors (Lipinski definition) is 1. The summed E-state index contributed by atoms with van der Waals surface area (Å²) in [4.78, 5) is 8.49. The molecule has 2 aromatic rings. The Balaban J connectivity index is 1.94. The molecular formula is C14H20N4O. The lowest BCUT2D eigenvalue weighted by Crippen LogP contribution is -2.11. The molecule has 1 aliphatic heterocycles. The second kappa shape index (κ2) is 4.81. The molecule has 1 saturated heterocycles. The van der Waals surface area contributed by atoms with E-state index >= 15 is 0 Å². The van der Waals surface area contributed by atoms with Crippen LogP contribution in [-0.2, 0) is 11.3 Å². The minimum absolute atomic E-state index is 0.399. The smallest absolute Gasteiger partial charge is 0.145 e. The molecule has 1 aliphatic rings. The maximum atomic E-state index is 5.97. The lowest BCUT2D eigenvalue weighted by molar-refractivity contribution is 0.100. The first-order valence-corrected chi connectivity index (χ1v) is 6.86. The Hall–Kier alpha value is -1.62. The molecule has 0 aromatic carbocycles. The fourth-order valence-electron chi connectivity index (χ4n) is 2.91. The third kappa shape index (κ3) is 2.08. The van der Waals surface area contributed by atoms with Crippen LogP contribution in [0.2, 0.25) is 0 Å². The second-order valence-electron chi connectivity index (χ2n) is 5.24. The highest BCUT2D eigenvalue weighted by Crippen LogP contribution is 2.27. The Morgan fingerprint density at radius 3 is 3.00 bits per heavy atom. The van der Waals surface area contributed by atoms with Crippen molar-refractivity contribution >= 4 is 16.9 Å². The largest absolute Gasteiger partial charge is 0.383 e. The van der Waals surface area contributed by atoms with Gasteiger partial charge in [0.1, 0.15) is 17.8 Å². The predicted octanol–water partition coefficient (Wildman–Crippen LogP) is 2.20. The number of fused-ring (bicyclic) bond motifs is 1. The molecule has 0 radical (unpaired) electrons. The van der Waals surface area contributed by atoms with E-state index in [0.29, 0.717) is 11.9 Å². The molecule has 19 heavy (non-hydrogen) atoms. The summed E-state index contributed by atoms with van der Waals surface area (Å²) in [5.74, 6) is 0.571. The first-order valence-electron chi connectivity index (χ1n) is 6.86. The quantitative estimate of drug-likeness (QED) is 0.918. The van der Waals surface area contributed by atoms with E-state index in [2.05, 4.69) is 28.4 Å². The molecule has 1 fully saturated rings. The van der Waals surface area contributed by atoms with Crippen LogP contribution in [0.3, 0.4) is 0 Å². The zero-order valence-corrected chi connectivity index (χ0v) is 11.5. The minimum atomic E-state index is 0.399. The van der Waals surface area contributed by atoms with E-state index in [9.17, 15) is 0 Å². The van der Waals surface area contributed by atoms with Crippen LogP contribution in [0.1, 0.15) is 30.5 Å². The Morgan fingerprint density at radius 2 is 2.26 bits per heavy atom. The highest BCUT2D eigenvalue weighted by atomic mass is 16.5. The van der Waals surface area contributed by atoms with E-state index in [-0.39, 0.29) is 0 Å². The van der Waals surface area contributed by atoms with E-state index in [0.717, 1.165) is 30.6 Å². The van der Waals surface area contributed by atoms with Crippen LogP contribution in [-0.4, -0.2) is 27.2 Å². The summed E-state index contributed by atoms with van der Waals surface area (Å²) >= 11 is 0. The van der Waals surface area contributed by atoms with Crippen molar-refractivity contribution in [1.29, 1.82) is 0 Å². The topological polar surface area (TPSA) is 66.0 Å². The molecule has 1 unspecified atom stereocenters. The average Bonchev–Trinajstić information content (AvgIpc) is 2.98. The van der Waals surface area contributed by atoms with Crippen molar-refractivity contribution in [3.05, 3.63) is 17.6 Å². The van der Waals surface area contributed by atoms with Gasteiger partial charge in [-0.15, -0.1) is 0 Å². The van der Waals surface area contributed by atoms with Crippen molar-refractivity contribution in [2.45, 2.75) is 45.8 Å². The molecular weight excluding hydrogens is 240 g/mol. The minimum Gasteiger partial charge on any atom is -0.383 e. The highest BCUT2D eigenvalue weighted by molar-refractivity contribution is 5.90. The van der Waals surface area contributed by atoms with Gasteiger partial charge in [0.05, 0.1) is 11.5 Å². The third-order valence-corrected chi connectivity index (χ3v) is 4.13. The van der Waals surface area contributed by atoms with Gasteiger partial charge < -0.3 is 15.0 Å². The van der Waals surface area contributed by atoms with Crippen molar-refractivity contribution in [3.63, 3.8) is 0 Å². The third-order valence-electron chi connectivity index (χ3n) is 4.13. The van der Waals surface area contributed by atoms with Crippen molar-refractivity contribution in [3.8, 4) is 0 Å². The molecule has 0 amide bonds. The SMILES string of the molecule is Cc1c(C)n(CCC2CCCO2)c2ncnc(N)c12. The fourth-order valence-corrected chi connectivity index (χ4v) is 2.91. The molecule has 5 heteroatoms. The number of hydrogen-bond acceptors (Lipinski definition) is 4. The number of nitrogens with two attached hydrogens (primary N) is 1. The molecule has 102 valence electrons. The van der Waals surface area contributed by atoms with Crippen LogP contribution in [0.4, 0.5) is 5.82 Å². The summed E-state index contributed by atoms with van der Waals surface area (Å²) in [6.45, 7) is 6.04. The van der Waals surface area contributed by atoms with Crippen LogP contribution in [0.5, 0.6) is 0 Å². The number of ether oxygens (including phenoxy) is 1. The molecule has 0 bridgehead atoms. The van der Waals surface area contributed by atoms with Gasteiger partial charge in [-0.1, -0.05) is 0 Å². The number of nitrogens with zero attached hydrogens (tertiary/aromatic N) is 3. The summed E-state index contributed by atoms with van der Waals surface area (Å²) in [5, 5.41) is 0.993. The Bertz CT molecular complexity index is 599. The van der Waals surface area contributed by atoms with Gasteiger partial charge in [-0.2, -0.15) is 0 Å². The molecule has 0 spiro atoms. The molecule has 0 saturated carbocycles. The second-order valence-corrected chi connectivity index (χ2v) is 5.24. The zero-order valence-electron chi connectivity index (χ0n) is 11.5. The standard InChI is InChI=1S/C14H20N4O/c1-9-10(2)18(6-5-11-4-3-7-19-11)14-12(9)13(15)16-8-17-14/h8,11H,3-7H2,1-2H3,(H2,15,16,17). The van der Waals surface area contributed by atoms with Crippen molar-refractivity contribution in [2.75, 3.05) is 12.3 Å². The summed E-state index contributed by atoms with van der Waals surface area (Å²) < 4.78 is 7.93. The molecule has 3 rings (SSSR count). The van der Waals surface area contributed by atoms with Gasteiger partial charge >= 0.3 is 0 Å². The molecule has 0 aliphatic carbocycles. The van der Waals surface area contributed by atoms with Crippen molar-refractivity contribution in [1.82, 2.24) is 14.5 Å². The zero-order chi connectivity index (χ0) is 13.4. The van der Waals surface area contributed by atoms with Crippen LogP contribution >= 0.6 is 0 Å². The monoisotopic (exact) mass is 260 g/mol. The molecule has 5 nitrogen and oxygen atoms in total. The number of aromatic nitrogens is 3. The van der Waals surface area contributed by atoms with E-state index in [4.69, 9.17) is 10.5 Å². The molecule has 2 aromatic heterocycles. The summed E-state index contributed by atoms with van der Waals surface area (Å²) in [5.41, 5.74) is 9.32. The first-order chi connectivity index (χ1) is 9.18. The van der Waals surface area contributed by atoms with Crippen molar-refractivity contribution < 1.29 is 4.74 Å². The van der Waals surface area contributed by atoms with Gasteiger partial charge in [0.25, 0.3) is 0 Å². The van der Waals surface area contributed by atoms with Crippen LogP contribution in [0.15, 0.2) is 6.33 Å². The molecule has 1 atom stereocenters. The lowest BCUT2D eigenvalue weighted by atomic mass is 10.2. The number of nitrogen functional groups attached to an aromatic ring is 1.